The molecule has 0 aliphatic rings. The first kappa shape index (κ1) is 12.3. The first-order valence-corrected chi connectivity index (χ1v) is 6.64. The lowest BCUT2D eigenvalue weighted by atomic mass is 10.3. The van der Waals surface area contributed by atoms with Crippen LogP contribution in [-0.4, -0.2) is 27.3 Å². The highest BCUT2D eigenvalue weighted by molar-refractivity contribution is 7.99. The van der Waals surface area contributed by atoms with Crippen molar-refractivity contribution in [3.8, 4) is 5.75 Å². The molecule has 19 heavy (non-hydrogen) atoms. The number of nitrogens with zero attached hydrogens (tertiary/aromatic N) is 3. The van der Waals surface area contributed by atoms with Crippen LogP contribution in [0, 0.1) is 0 Å². The smallest absolute Gasteiger partial charge is 0.225 e. The van der Waals surface area contributed by atoms with Gasteiger partial charge in [0.1, 0.15) is 10.8 Å². The summed E-state index contributed by atoms with van der Waals surface area (Å²) in [5, 5.41) is 8.54. The van der Waals surface area contributed by atoms with Gasteiger partial charge in [0.15, 0.2) is 5.65 Å². The van der Waals surface area contributed by atoms with Crippen LogP contribution in [0.4, 0.5) is 0 Å². The molecule has 5 nitrogen and oxygen atoms in total. The Labute approximate surface area is 118 Å². The minimum Gasteiger partial charge on any atom is -0.497 e. The molecule has 0 atom stereocenters. The molecule has 2 aromatic heterocycles. The molecule has 1 N–H and O–H groups in total. The summed E-state index contributed by atoms with van der Waals surface area (Å²) in [4.78, 5) is 9.32. The minimum atomic E-state index is 0.196. The van der Waals surface area contributed by atoms with Crippen molar-refractivity contribution in [2.24, 2.45) is 0 Å². The standard InChI is InChI=1S/C12H9ClN4OS/c1-18-7-3-2-4-8(5-7)19-11-9-6-14-17-10(9)15-12(13)16-11/h2-6H,1H3,(H,14,15,16,17). The van der Waals surface area contributed by atoms with E-state index in [0.29, 0.717) is 5.65 Å². The van der Waals surface area contributed by atoms with Crippen LogP contribution in [0.2, 0.25) is 5.28 Å². The monoisotopic (exact) mass is 292 g/mol. The average Bonchev–Trinajstić information content (AvgIpc) is 2.87. The molecule has 0 saturated heterocycles. The van der Waals surface area contributed by atoms with Gasteiger partial charge in [-0.05, 0) is 29.8 Å². The molecule has 0 aliphatic heterocycles. The molecular formula is C12H9ClN4OS. The van der Waals surface area contributed by atoms with Crippen LogP contribution in [0.15, 0.2) is 40.4 Å². The fourth-order valence-corrected chi connectivity index (χ4v) is 2.79. The molecule has 0 fully saturated rings. The summed E-state index contributed by atoms with van der Waals surface area (Å²) in [6.45, 7) is 0. The van der Waals surface area contributed by atoms with Crippen molar-refractivity contribution in [3.05, 3.63) is 35.7 Å². The van der Waals surface area contributed by atoms with Crippen molar-refractivity contribution >= 4 is 34.4 Å². The Hall–Kier alpha value is -1.79. The third kappa shape index (κ3) is 2.50. The van der Waals surface area contributed by atoms with E-state index in [-0.39, 0.29) is 5.28 Å². The number of rotatable bonds is 3. The quantitative estimate of drug-likeness (QED) is 0.593. The van der Waals surface area contributed by atoms with Gasteiger partial charge in [0.25, 0.3) is 0 Å². The van der Waals surface area contributed by atoms with Crippen molar-refractivity contribution in [3.63, 3.8) is 0 Å². The topological polar surface area (TPSA) is 63.7 Å². The van der Waals surface area contributed by atoms with Crippen LogP contribution in [0.25, 0.3) is 11.0 Å². The zero-order valence-electron chi connectivity index (χ0n) is 9.92. The lowest BCUT2D eigenvalue weighted by Gasteiger charge is -2.04. The van der Waals surface area contributed by atoms with E-state index in [1.165, 1.54) is 11.8 Å². The van der Waals surface area contributed by atoms with Gasteiger partial charge >= 0.3 is 0 Å². The molecule has 0 saturated carbocycles. The minimum absolute atomic E-state index is 0.196. The summed E-state index contributed by atoms with van der Waals surface area (Å²) < 4.78 is 5.20. The van der Waals surface area contributed by atoms with E-state index in [2.05, 4.69) is 20.2 Å². The van der Waals surface area contributed by atoms with E-state index in [9.17, 15) is 0 Å². The van der Waals surface area contributed by atoms with Crippen LogP contribution in [0.3, 0.4) is 0 Å². The normalized spacial score (nSPS) is 10.8. The molecule has 0 unspecified atom stereocenters. The Kier molecular flexibility index (Phi) is 3.27. The Morgan fingerprint density at radius 2 is 2.21 bits per heavy atom. The van der Waals surface area contributed by atoms with Gasteiger partial charge in [-0.25, -0.2) is 4.98 Å². The van der Waals surface area contributed by atoms with Gasteiger partial charge in [-0.15, -0.1) is 0 Å². The Balaban J connectivity index is 2.02. The van der Waals surface area contributed by atoms with Gasteiger partial charge in [0, 0.05) is 4.90 Å². The fraction of sp³-hybridized carbons (Fsp3) is 0.0833. The number of halogens is 1. The third-order valence-electron chi connectivity index (χ3n) is 2.50. The molecule has 0 radical (unpaired) electrons. The maximum atomic E-state index is 5.90. The molecule has 3 rings (SSSR count). The number of aromatic amines is 1. The van der Waals surface area contributed by atoms with E-state index < -0.39 is 0 Å². The lowest BCUT2D eigenvalue weighted by molar-refractivity contribution is 0.413. The maximum absolute atomic E-state index is 5.90. The zero-order chi connectivity index (χ0) is 13.2. The Morgan fingerprint density at radius 3 is 3.05 bits per heavy atom. The number of ether oxygens (including phenoxy) is 1. The second-order valence-electron chi connectivity index (χ2n) is 3.71. The summed E-state index contributed by atoms with van der Waals surface area (Å²) in [6.07, 6.45) is 1.69. The summed E-state index contributed by atoms with van der Waals surface area (Å²) in [5.41, 5.74) is 0.630. The zero-order valence-corrected chi connectivity index (χ0v) is 11.5. The number of fused-ring (bicyclic) bond motifs is 1. The molecule has 0 amide bonds. The molecule has 0 aliphatic carbocycles. The number of nitrogens with one attached hydrogen (secondary N) is 1. The molecular weight excluding hydrogens is 284 g/mol. The van der Waals surface area contributed by atoms with Gasteiger partial charge in [-0.3, -0.25) is 5.10 Å². The number of benzene rings is 1. The first-order valence-electron chi connectivity index (χ1n) is 5.45. The van der Waals surface area contributed by atoms with Gasteiger partial charge in [-0.1, -0.05) is 17.8 Å². The first-order chi connectivity index (χ1) is 9.26. The Bertz CT molecular complexity index is 731. The highest BCUT2D eigenvalue weighted by Gasteiger charge is 2.10. The van der Waals surface area contributed by atoms with Crippen molar-refractivity contribution in [2.45, 2.75) is 9.92 Å². The van der Waals surface area contributed by atoms with Crippen molar-refractivity contribution < 1.29 is 4.74 Å². The van der Waals surface area contributed by atoms with E-state index >= 15 is 0 Å². The van der Waals surface area contributed by atoms with Crippen molar-refractivity contribution in [2.75, 3.05) is 7.11 Å². The summed E-state index contributed by atoms with van der Waals surface area (Å²) in [6, 6.07) is 7.74. The lowest BCUT2D eigenvalue weighted by Crippen LogP contribution is -1.88. The fourth-order valence-electron chi connectivity index (χ4n) is 1.64. The molecule has 3 aromatic rings. The molecule has 1 aromatic carbocycles. The van der Waals surface area contributed by atoms with Crippen molar-refractivity contribution in [1.29, 1.82) is 0 Å². The summed E-state index contributed by atoms with van der Waals surface area (Å²) in [5.74, 6) is 0.800. The molecule has 96 valence electrons. The van der Waals surface area contributed by atoms with Gasteiger partial charge < -0.3 is 4.74 Å². The number of hydrogen-bond acceptors (Lipinski definition) is 5. The molecule has 0 spiro atoms. The second-order valence-corrected chi connectivity index (χ2v) is 5.11. The van der Waals surface area contributed by atoms with Crippen LogP contribution < -0.4 is 4.74 Å². The molecule has 7 heteroatoms. The van der Waals surface area contributed by atoms with Gasteiger partial charge in [0.2, 0.25) is 5.28 Å². The number of aromatic nitrogens is 4. The van der Waals surface area contributed by atoms with E-state index in [4.69, 9.17) is 16.3 Å². The molecule has 2 heterocycles. The second kappa shape index (κ2) is 5.07. The maximum Gasteiger partial charge on any atom is 0.225 e. The summed E-state index contributed by atoms with van der Waals surface area (Å²) >= 11 is 7.39. The largest absolute Gasteiger partial charge is 0.497 e. The molecule has 0 bridgehead atoms. The van der Waals surface area contributed by atoms with Crippen LogP contribution >= 0.6 is 23.4 Å². The highest BCUT2D eigenvalue weighted by atomic mass is 35.5. The van der Waals surface area contributed by atoms with Crippen molar-refractivity contribution in [1.82, 2.24) is 20.2 Å². The van der Waals surface area contributed by atoms with E-state index in [1.807, 2.05) is 24.3 Å². The van der Waals surface area contributed by atoms with Crippen LogP contribution in [0.1, 0.15) is 0 Å². The van der Waals surface area contributed by atoms with Crippen LogP contribution in [0.5, 0.6) is 5.75 Å². The van der Waals surface area contributed by atoms with Gasteiger partial charge in [0.05, 0.1) is 18.7 Å². The predicted octanol–water partition coefficient (Wildman–Crippen LogP) is 3.17. The number of hydrogen-bond donors (Lipinski definition) is 1. The highest BCUT2D eigenvalue weighted by Crippen LogP contribution is 2.33. The third-order valence-corrected chi connectivity index (χ3v) is 3.67. The summed E-state index contributed by atoms with van der Waals surface area (Å²) in [7, 11) is 1.64. The van der Waals surface area contributed by atoms with E-state index in [0.717, 1.165) is 21.1 Å². The predicted molar refractivity (Wildman–Crippen MR) is 73.8 cm³/mol. The SMILES string of the molecule is COc1cccc(Sc2nc(Cl)nc3[nH]ncc23)c1. The number of methoxy groups -OCH3 is 1. The average molecular weight is 293 g/mol. The van der Waals surface area contributed by atoms with E-state index in [1.54, 1.807) is 13.3 Å². The van der Waals surface area contributed by atoms with Crippen LogP contribution in [-0.2, 0) is 0 Å². The number of H-pyrrole nitrogens is 1. The van der Waals surface area contributed by atoms with Gasteiger partial charge in [-0.2, -0.15) is 10.1 Å². The Morgan fingerprint density at radius 1 is 1.32 bits per heavy atom.